The van der Waals surface area contributed by atoms with Crippen molar-refractivity contribution in [3.63, 3.8) is 0 Å². The Morgan fingerprint density at radius 2 is 1.41 bits per heavy atom. The second kappa shape index (κ2) is 4.33. The maximum absolute atomic E-state index is 13.9. The van der Waals surface area contributed by atoms with Crippen LogP contribution in [-0.4, -0.2) is 0 Å². The van der Waals surface area contributed by atoms with E-state index in [2.05, 4.69) is 26.8 Å². The molecule has 0 aliphatic carbocycles. The van der Waals surface area contributed by atoms with Crippen LogP contribution in [0.2, 0.25) is 0 Å². The van der Waals surface area contributed by atoms with Gasteiger partial charge in [0.1, 0.15) is 5.82 Å². The molecule has 0 saturated heterocycles. The quantitative estimate of drug-likeness (QED) is 0.662. The molecule has 0 aliphatic heterocycles. The van der Waals surface area contributed by atoms with E-state index in [9.17, 15) is 4.39 Å². The lowest BCUT2D eigenvalue weighted by Crippen LogP contribution is -1.93. The molecular formula is C16H17F. The summed E-state index contributed by atoms with van der Waals surface area (Å²) in [6.45, 7) is 8.12. The first kappa shape index (κ1) is 11.8. The first-order chi connectivity index (χ1) is 8.00. The zero-order valence-corrected chi connectivity index (χ0v) is 10.8. The maximum atomic E-state index is 13.9. The minimum atomic E-state index is -0.142. The number of benzene rings is 2. The molecular weight excluding hydrogens is 211 g/mol. The topological polar surface area (TPSA) is 0 Å². The summed E-state index contributed by atoms with van der Waals surface area (Å²) >= 11 is 0. The fourth-order valence-corrected chi connectivity index (χ4v) is 2.09. The predicted molar refractivity (Wildman–Crippen MR) is 70.8 cm³/mol. The van der Waals surface area contributed by atoms with Crippen LogP contribution >= 0.6 is 0 Å². The van der Waals surface area contributed by atoms with E-state index in [-0.39, 0.29) is 5.82 Å². The van der Waals surface area contributed by atoms with Crippen LogP contribution in [-0.2, 0) is 0 Å². The summed E-state index contributed by atoms with van der Waals surface area (Å²) < 4.78 is 13.9. The lowest BCUT2D eigenvalue weighted by Gasteiger charge is -2.12. The van der Waals surface area contributed by atoms with Crippen LogP contribution in [0.15, 0.2) is 30.3 Å². The highest BCUT2D eigenvalue weighted by molar-refractivity contribution is 5.70. The van der Waals surface area contributed by atoms with Crippen molar-refractivity contribution in [3.8, 4) is 11.1 Å². The minimum Gasteiger partial charge on any atom is -0.206 e. The van der Waals surface area contributed by atoms with Crippen LogP contribution in [0.3, 0.4) is 0 Å². The zero-order chi connectivity index (χ0) is 12.6. The molecule has 2 rings (SSSR count). The van der Waals surface area contributed by atoms with E-state index >= 15 is 0 Å². The van der Waals surface area contributed by atoms with Crippen LogP contribution in [0.4, 0.5) is 4.39 Å². The smallest absolute Gasteiger partial charge is 0.131 e. The minimum absolute atomic E-state index is 0.142. The molecule has 1 heteroatoms. The molecule has 0 bridgehead atoms. The lowest BCUT2D eigenvalue weighted by atomic mass is 9.93. The Bertz CT molecular complexity index is 568. The molecule has 0 aromatic heterocycles. The molecule has 0 saturated carbocycles. The van der Waals surface area contributed by atoms with Gasteiger partial charge in [-0.1, -0.05) is 24.3 Å². The summed E-state index contributed by atoms with van der Waals surface area (Å²) in [4.78, 5) is 0. The number of aryl methyl sites for hydroxylation is 2. The summed E-state index contributed by atoms with van der Waals surface area (Å²) in [6, 6.07) is 9.46. The van der Waals surface area contributed by atoms with E-state index < -0.39 is 0 Å². The molecule has 2 aromatic rings. The standard InChI is InChI=1S/C16H17F/c1-10-5-7-15(16(17)9-10)14-8-6-11(2)12(3)13(14)4/h5-9H,1-4H3. The van der Waals surface area contributed by atoms with Crippen LogP contribution < -0.4 is 0 Å². The van der Waals surface area contributed by atoms with Crippen molar-refractivity contribution < 1.29 is 4.39 Å². The Balaban J connectivity index is 2.65. The Hall–Kier alpha value is -1.63. The van der Waals surface area contributed by atoms with Gasteiger partial charge < -0.3 is 0 Å². The van der Waals surface area contributed by atoms with Gasteiger partial charge in [0, 0.05) is 5.56 Å². The van der Waals surface area contributed by atoms with Crippen molar-refractivity contribution in [2.45, 2.75) is 27.7 Å². The third-order valence-electron chi connectivity index (χ3n) is 3.47. The van der Waals surface area contributed by atoms with Crippen LogP contribution in [0, 0.1) is 33.5 Å². The summed E-state index contributed by atoms with van der Waals surface area (Å²) in [5.74, 6) is -0.142. The highest BCUT2D eigenvalue weighted by Crippen LogP contribution is 2.29. The van der Waals surface area contributed by atoms with Crippen LogP contribution in [0.1, 0.15) is 22.3 Å². The molecule has 0 N–H and O–H groups in total. The first-order valence-electron chi connectivity index (χ1n) is 5.84. The van der Waals surface area contributed by atoms with Gasteiger partial charge in [0.15, 0.2) is 0 Å². The number of rotatable bonds is 1. The van der Waals surface area contributed by atoms with E-state index in [4.69, 9.17) is 0 Å². The molecule has 0 unspecified atom stereocenters. The van der Waals surface area contributed by atoms with E-state index in [1.54, 1.807) is 6.07 Å². The van der Waals surface area contributed by atoms with Gasteiger partial charge in [-0.25, -0.2) is 4.39 Å². The SMILES string of the molecule is Cc1ccc(-c2ccc(C)c(C)c2C)c(F)c1. The van der Waals surface area contributed by atoms with Crippen molar-refractivity contribution in [2.24, 2.45) is 0 Å². The Kier molecular flexibility index (Phi) is 3.01. The van der Waals surface area contributed by atoms with Gasteiger partial charge in [-0.05, 0) is 61.6 Å². The van der Waals surface area contributed by atoms with Crippen molar-refractivity contribution in [2.75, 3.05) is 0 Å². The molecule has 88 valence electrons. The summed E-state index contributed by atoms with van der Waals surface area (Å²) in [7, 11) is 0. The second-order valence-corrected chi connectivity index (χ2v) is 4.66. The van der Waals surface area contributed by atoms with Crippen molar-refractivity contribution in [1.82, 2.24) is 0 Å². The van der Waals surface area contributed by atoms with Crippen LogP contribution in [0.5, 0.6) is 0 Å². The van der Waals surface area contributed by atoms with Gasteiger partial charge in [-0.2, -0.15) is 0 Å². The summed E-state index contributed by atoms with van der Waals surface area (Å²) in [5.41, 5.74) is 6.28. The van der Waals surface area contributed by atoms with E-state index in [0.717, 1.165) is 16.7 Å². The van der Waals surface area contributed by atoms with E-state index in [0.29, 0.717) is 5.56 Å². The normalized spacial score (nSPS) is 10.6. The Labute approximate surface area is 102 Å². The Morgan fingerprint density at radius 1 is 0.765 bits per heavy atom. The largest absolute Gasteiger partial charge is 0.206 e. The molecule has 0 aliphatic rings. The van der Waals surface area contributed by atoms with Crippen molar-refractivity contribution >= 4 is 0 Å². The van der Waals surface area contributed by atoms with Crippen LogP contribution in [0.25, 0.3) is 11.1 Å². The summed E-state index contributed by atoms with van der Waals surface area (Å²) in [5, 5.41) is 0. The lowest BCUT2D eigenvalue weighted by molar-refractivity contribution is 0.630. The predicted octanol–water partition coefficient (Wildman–Crippen LogP) is 4.73. The molecule has 0 fully saturated rings. The molecule has 0 heterocycles. The zero-order valence-electron chi connectivity index (χ0n) is 10.8. The van der Waals surface area contributed by atoms with Gasteiger partial charge in [0.25, 0.3) is 0 Å². The fraction of sp³-hybridized carbons (Fsp3) is 0.250. The van der Waals surface area contributed by atoms with Gasteiger partial charge in [0.05, 0.1) is 0 Å². The molecule has 2 aromatic carbocycles. The fourth-order valence-electron chi connectivity index (χ4n) is 2.09. The molecule has 0 spiro atoms. The van der Waals surface area contributed by atoms with Gasteiger partial charge in [-0.3, -0.25) is 0 Å². The van der Waals surface area contributed by atoms with Crippen molar-refractivity contribution in [1.29, 1.82) is 0 Å². The maximum Gasteiger partial charge on any atom is 0.131 e. The molecule has 0 atom stereocenters. The first-order valence-corrected chi connectivity index (χ1v) is 5.84. The monoisotopic (exact) mass is 228 g/mol. The molecule has 17 heavy (non-hydrogen) atoms. The number of hydrogen-bond donors (Lipinski definition) is 0. The Morgan fingerprint density at radius 3 is 2.06 bits per heavy atom. The van der Waals surface area contributed by atoms with E-state index in [1.807, 2.05) is 25.1 Å². The van der Waals surface area contributed by atoms with Gasteiger partial charge >= 0.3 is 0 Å². The average Bonchev–Trinajstić information content (AvgIpc) is 2.28. The number of hydrogen-bond acceptors (Lipinski definition) is 0. The highest BCUT2D eigenvalue weighted by Gasteiger charge is 2.10. The van der Waals surface area contributed by atoms with E-state index in [1.165, 1.54) is 11.1 Å². The second-order valence-electron chi connectivity index (χ2n) is 4.66. The molecule has 0 nitrogen and oxygen atoms in total. The van der Waals surface area contributed by atoms with Gasteiger partial charge in [0.2, 0.25) is 0 Å². The molecule has 0 radical (unpaired) electrons. The summed E-state index contributed by atoms with van der Waals surface area (Å²) in [6.07, 6.45) is 0. The average molecular weight is 228 g/mol. The molecule has 0 amide bonds. The highest BCUT2D eigenvalue weighted by atomic mass is 19.1. The third kappa shape index (κ3) is 2.10. The van der Waals surface area contributed by atoms with Gasteiger partial charge in [-0.15, -0.1) is 0 Å². The third-order valence-corrected chi connectivity index (χ3v) is 3.47. The van der Waals surface area contributed by atoms with Crippen molar-refractivity contribution in [3.05, 3.63) is 58.4 Å². The number of halogens is 1.